The van der Waals surface area contributed by atoms with Crippen molar-refractivity contribution in [2.75, 3.05) is 37.7 Å². The largest absolute Gasteiger partial charge is 0.633 e. The van der Waals surface area contributed by atoms with E-state index < -0.39 is 19.7 Å². The number of sulfone groups is 2. The molecule has 0 N–H and O–H groups in total. The van der Waals surface area contributed by atoms with Gasteiger partial charge in [-0.3, -0.25) is 4.79 Å². The summed E-state index contributed by atoms with van der Waals surface area (Å²) in [7, 11) is -7.18. The fourth-order valence-electron chi connectivity index (χ4n) is 6.00. The van der Waals surface area contributed by atoms with Gasteiger partial charge in [-0.1, -0.05) is 51.0 Å². The maximum Gasteiger partial charge on any atom is 0.195 e. The fraction of sp³-hybridized carbons (Fsp3) is 0.417. The number of piperidine rings is 1. The minimum Gasteiger partial charge on any atom is -0.633 e. The van der Waals surface area contributed by atoms with Crippen molar-refractivity contribution in [2.24, 2.45) is 0 Å². The number of hydrogen-bond acceptors (Lipinski definition) is 8. The number of hydrogen-bond donors (Lipinski definition) is 0. The van der Waals surface area contributed by atoms with Gasteiger partial charge in [0.1, 0.15) is 18.9 Å². The van der Waals surface area contributed by atoms with Crippen LogP contribution in [0.4, 0.5) is 0 Å². The highest BCUT2D eigenvalue weighted by Crippen LogP contribution is 2.43. The van der Waals surface area contributed by atoms with Crippen LogP contribution in [0.2, 0.25) is 0 Å². The van der Waals surface area contributed by atoms with Crippen LogP contribution in [-0.2, 0) is 19.7 Å². The Hall–Kier alpha value is -3.09. The van der Waals surface area contributed by atoms with Crippen molar-refractivity contribution in [3.8, 4) is 16.2 Å². The van der Waals surface area contributed by atoms with Crippen LogP contribution < -0.4 is 4.74 Å². The van der Waals surface area contributed by atoms with Gasteiger partial charge in [0.05, 0.1) is 34.4 Å². The van der Waals surface area contributed by atoms with Gasteiger partial charge in [-0.2, -0.15) is 0 Å². The van der Waals surface area contributed by atoms with Crippen LogP contribution in [0.5, 0.6) is 5.75 Å². The number of rotatable bonds is 15. The van der Waals surface area contributed by atoms with Gasteiger partial charge in [-0.15, -0.1) is 11.3 Å². The van der Waals surface area contributed by atoms with Crippen molar-refractivity contribution in [2.45, 2.75) is 68.6 Å². The molecular weight excluding hydrogens is 655 g/mol. The summed E-state index contributed by atoms with van der Waals surface area (Å²) < 4.78 is 59.4. The Bertz CT molecular complexity index is 1920. The normalized spacial score (nSPS) is 15.1. The van der Waals surface area contributed by atoms with Crippen molar-refractivity contribution in [1.82, 2.24) is 0 Å². The minimum absolute atomic E-state index is 0.0116. The summed E-state index contributed by atoms with van der Waals surface area (Å²) >= 11 is 1.23. The summed E-state index contributed by atoms with van der Waals surface area (Å²) in [4.78, 5) is 15.1. The molecule has 3 aromatic carbocycles. The molecule has 1 aliphatic rings. The molecule has 0 bridgehead atoms. The Balaban J connectivity index is 1.53. The third-order valence-corrected chi connectivity index (χ3v) is 13.6. The number of benzene rings is 3. The van der Waals surface area contributed by atoms with E-state index in [2.05, 4.69) is 0 Å². The summed E-state index contributed by atoms with van der Waals surface area (Å²) in [5, 5.41) is 13.4. The predicted molar refractivity (Wildman–Crippen MR) is 189 cm³/mol. The first-order chi connectivity index (χ1) is 22.5. The van der Waals surface area contributed by atoms with Crippen LogP contribution in [0.25, 0.3) is 20.5 Å². The standard InChI is InChI=1S/C36H43NO7S3/c1-3-5-24-46(40,41)29-18-19-30-32(26-29)45-36(31-12-8-9-13-33(31)47(42,43)25-6-4-2)34(30)35(38)27-14-16-28(17-15-27)44-23-22-37(39)20-10-7-11-21-37/h8-9,12-19,26H,3-7,10-11,20-25H2,1-2H3. The first kappa shape index (κ1) is 35.2. The van der Waals surface area contributed by atoms with Crippen LogP contribution in [0.1, 0.15) is 74.7 Å². The lowest BCUT2D eigenvalue weighted by molar-refractivity contribution is -0.885. The molecular formula is C36H43NO7S3. The molecule has 0 spiro atoms. The first-order valence-electron chi connectivity index (χ1n) is 16.4. The fourth-order valence-corrected chi connectivity index (χ4v) is 10.6. The molecule has 0 amide bonds. The maximum absolute atomic E-state index is 14.3. The minimum atomic E-state index is -3.66. The zero-order valence-electron chi connectivity index (χ0n) is 27.1. The van der Waals surface area contributed by atoms with Crippen molar-refractivity contribution >= 4 is 46.9 Å². The van der Waals surface area contributed by atoms with E-state index in [1.807, 2.05) is 13.8 Å². The number of ether oxygens (including phenoxy) is 1. The smallest absolute Gasteiger partial charge is 0.195 e. The highest BCUT2D eigenvalue weighted by atomic mass is 32.2. The van der Waals surface area contributed by atoms with E-state index in [9.17, 15) is 26.8 Å². The number of nitrogens with zero attached hydrogens (tertiary/aromatic N) is 1. The third-order valence-electron chi connectivity index (χ3n) is 8.76. The van der Waals surface area contributed by atoms with Crippen LogP contribution in [-0.4, -0.2) is 65.0 Å². The van der Waals surface area contributed by atoms with E-state index in [1.54, 1.807) is 60.7 Å². The zero-order valence-corrected chi connectivity index (χ0v) is 29.5. The molecule has 8 nitrogen and oxygen atoms in total. The lowest BCUT2D eigenvalue weighted by atomic mass is 9.97. The molecule has 1 aliphatic heterocycles. The molecule has 0 unspecified atom stereocenters. The van der Waals surface area contributed by atoms with Crippen molar-refractivity contribution in [3.05, 3.63) is 83.1 Å². The van der Waals surface area contributed by atoms with E-state index in [4.69, 9.17) is 4.74 Å². The molecule has 0 saturated carbocycles. The monoisotopic (exact) mass is 697 g/mol. The van der Waals surface area contributed by atoms with Gasteiger partial charge >= 0.3 is 0 Å². The van der Waals surface area contributed by atoms with Crippen molar-refractivity contribution < 1.29 is 31.0 Å². The SMILES string of the molecule is CCCCS(=O)(=O)c1ccc2c(C(=O)c3ccc(OCC[N+]4([O-])CCCCC4)cc3)c(-c3ccccc3S(=O)(=O)CCCC)sc2c1. The number of hydroxylamine groups is 3. The molecule has 1 saturated heterocycles. The lowest BCUT2D eigenvalue weighted by Gasteiger charge is -2.45. The number of carbonyl (C=O) groups excluding carboxylic acids is 1. The van der Waals surface area contributed by atoms with Gasteiger partial charge in [0.25, 0.3) is 0 Å². The Kier molecular flexibility index (Phi) is 11.2. The van der Waals surface area contributed by atoms with Gasteiger partial charge in [0.2, 0.25) is 0 Å². The summed E-state index contributed by atoms with van der Waals surface area (Å²) in [5.41, 5.74) is 1.14. The first-order valence-corrected chi connectivity index (χ1v) is 20.6. The van der Waals surface area contributed by atoms with Crippen LogP contribution in [0.15, 0.2) is 76.5 Å². The molecule has 5 rings (SSSR count). The number of ketones is 1. The zero-order chi connectivity index (χ0) is 33.7. The molecule has 11 heteroatoms. The Morgan fingerprint density at radius 2 is 1.51 bits per heavy atom. The molecule has 0 aliphatic carbocycles. The number of fused-ring (bicyclic) bond motifs is 1. The Morgan fingerprint density at radius 1 is 0.851 bits per heavy atom. The second kappa shape index (κ2) is 15.0. The highest BCUT2D eigenvalue weighted by molar-refractivity contribution is 7.91. The van der Waals surface area contributed by atoms with Gasteiger partial charge in [0.15, 0.2) is 25.5 Å². The van der Waals surface area contributed by atoms with Crippen LogP contribution in [0, 0.1) is 5.21 Å². The summed E-state index contributed by atoms with van der Waals surface area (Å²) in [5.74, 6) is 0.260. The molecule has 4 aromatic rings. The number of thiophene rings is 1. The number of unbranched alkanes of at least 4 members (excludes halogenated alkanes) is 2. The van der Waals surface area contributed by atoms with Gasteiger partial charge in [-0.05, 0) is 74.6 Å². The van der Waals surface area contributed by atoms with Crippen LogP contribution in [0.3, 0.4) is 0 Å². The molecule has 0 atom stereocenters. The van der Waals surface area contributed by atoms with Crippen LogP contribution >= 0.6 is 11.3 Å². The molecule has 2 heterocycles. The second-order valence-corrected chi connectivity index (χ2v) is 17.5. The number of likely N-dealkylation sites (tertiary alicyclic amines) is 1. The molecule has 1 fully saturated rings. The van der Waals surface area contributed by atoms with E-state index in [0.717, 1.165) is 32.1 Å². The topological polar surface area (TPSA) is 118 Å². The van der Waals surface area contributed by atoms with Gasteiger partial charge < -0.3 is 14.6 Å². The summed E-state index contributed by atoms with van der Waals surface area (Å²) in [6.45, 7) is 5.75. The van der Waals surface area contributed by atoms with Crippen molar-refractivity contribution in [1.29, 1.82) is 0 Å². The molecule has 252 valence electrons. The second-order valence-electron chi connectivity index (χ2n) is 12.3. The van der Waals surface area contributed by atoms with Gasteiger partial charge in [0, 0.05) is 31.7 Å². The molecule has 47 heavy (non-hydrogen) atoms. The predicted octanol–water partition coefficient (Wildman–Crippen LogP) is 7.82. The number of quaternary nitrogens is 1. The Morgan fingerprint density at radius 3 is 2.19 bits per heavy atom. The third kappa shape index (κ3) is 8.14. The number of carbonyl (C=O) groups is 1. The molecule has 0 radical (unpaired) electrons. The maximum atomic E-state index is 14.3. The van der Waals surface area contributed by atoms with E-state index in [0.29, 0.717) is 69.9 Å². The average Bonchev–Trinajstić information content (AvgIpc) is 3.45. The van der Waals surface area contributed by atoms with Gasteiger partial charge in [-0.25, -0.2) is 16.8 Å². The highest BCUT2D eigenvalue weighted by Gasteiger charge is 2.28. The molecule has 1 aromatic heterocycles. The van der Waals surface area contributed by atoms with E-state index in [1.165, 1.54) is 17.4 Å². The summed E-state index contributed by atoms with van der Waals surface area (Å²) in [6, 6.07) is 18.3. The average molecular weight is 698 g/mol. The van der Waals surface area contributed by atoms with E-state index >= 15 is 0 Å². The Labute approximate surface area is 282 Å². The van der Waals surface area contributed by atoms with E-state index in [-0.39, 0.29) is 38.3 Å². The lowest BCUT2D eigenvalue weighted by Crippen LogP contribution is -2.48. The summed E-state index contributed by atoms with van der Waals surface area (Å²) in [6.07, 6.45) is 5.49. The van der Waals surface area contributed by atoms with Crippen molar-refractivity contribution in [3.63, 3.8) is 0 Å². The quantitative estimate of drug-likeness (QED) is 0.0706.